The van der Waals surface area contributed by atoms with Crippen LogP contribution in [0.5, 0.6) is 0 Å². The van der Waals surface area contributed by atoms with Crippen LogP contribution < -0.4 is 5.32 Å². The van der Waals surface area contributed by atoms with Crippen LogP contribution >= 0.6 is 0 Å². The quantitative estimate of drug-likeness (QED) is 0.713. The van der Waals surface area contributed by atoms with E-state index in [9.17, 15) is 0 Å². The standard InChI is InChI=1S/C16H32N4/c1-6-11-13(17-12-7-2)14(8-3)20-16(10-5)18-15(9-4)19-20/h13-14,17H,6-12H2,1-5H3. The first kappa shape index (κ1) is 17.2. The first-order chi connectivity index (χ1) is 9.71. The van der Waals surface area contributed by atoms with Crippen molar-refractivity contribution >= 4 is 0 Å². The number of hydrogen-bond donors (Lipinski definition) is 1. The van der Waals surface area contributed by atoms with Crippen LogP contribution in [0.4, 0.5) is 0 Å². The molecule has 1 rings (SSSR count). The van der Waals surface area contributed by atoms with Gasteiger partial charge in [-0.1, -0.05) is 41.0 Å². The van der Waals surface area contributed by atoms with Crippen LogP contribution in [0.3, 0.4) is 0 Å². The van der Waals surface area contributed by atoms with Crippen molar-refractivity contribution in [3.05, 3.63) is 11.6 Å². The summed E-state index contributed by atoms with van der Waals surface area (Å²) in [5.41, 5.74) is 0. The second-order valence-corrected chi connectivity index (χ2v) is 5.42. The Balaban J connectivity index is 2.98. The van der Waals surface area contributed by atoms with Crippen LogP contribution in [0, 0.1) is 0 Å². The van der Waals surface area contributed by atoms with Crippen molar-refractivity contribution in [2.75, 3.05) is 6.54 Å². The molecule has 20 heavy (non-hydrogen) atoms. The molecule has 0 aliphatic rings. The molecule has 4 nitrogen and oxygen atoms in total. The van der Waals surface area contributed by atoms with Gasteiger partial charge in [0.1, 0.15) is 5.82 Å². The average molecular weight is 280 g/mol. The largest absolute Gasteiger partial charge is 0.312 e. The fraction of sp³-hybridized carbons (Fsp3) is 0.875. The van der Waals surface area contributed by atoms with Crippen LogP contribution in [0.25, 0.3) is 0 Å². The maximum Gasteiger partial charge on any atom is 0.150 e. The molecule has 0 fully saturated rings. The molecule has 0 bridgehead atoms. The minimum atomic E-state index is 0.421. The summed E-state index contributed by atoms with van der Waals surface area (Å²) in [6.07, 6.45) is 6.54. The van der Waals surface area contributed by atoms with Gasteiger partial charge in [-0.3, -0.25) is 0 Å². The summed E-state index contributed by atoms with van der Waals surface area (Å²) in [7, 11) is 0. The highest BCUT2D eigenvalue weighted by molar-refractivity contribution is 4.97. The molecule has 0 amide bonds. The Bertz CT molecular complexity index is 373. The van der Waals surface area contributed by atoms with Crippen LogP contribution in [-0.2, 0) is 12.8 Å². The third-order valence-electron chi connectivity index (χ3n) is 3.83. The summed E-state index contributed by atoms with van der Waals surface area (Å²) in [5, 5.41) is 8.46. The molecule has 0 spiro atoms. The van der Waals surface area contributed by atoms with Crippen molar-refractivity contribution in [2.24, 2.45) is 0 Å². The molecule has 1 aromatic rings. The molecule has 2 unspecified atom stereocenters. The monoisotopic (exact) mass is 280 g/mol. The zero-order valence-corrected chi connectivity index (χ0v) is 13.9. The fourth-order valence-corrected chi connectivity index (χ4v) is 2.76. The normalized spacial score (nSPS) is 14.4. The van der Waals surface area contributed by atoms with E-state index < -0.39 is 0 Å². The molecule has 0 radical (unpaired) electrons. The van der Waals surface area contributed by atoms with E-state index in [1.54, 1.807) is 0 Å². The van der Waals surface area contributed by atoms with Gasteiger partial charge in [-0.15, -0.1) is 0 Å². The SMILES string of the molecule is CCCNC(CCC)C(CC)n1nc(CC)nc1CC. The lowest BCUT2D eigenvalue weighted by Gasteiger charge is -2.28. The number of rotatable bonds is 10. The smallest absolute Gasteiger partial charge is 0.150 e. The molecule has 0 aromatic carbocycles. The third-order valence-corrected chi connectivity index (χ3v) is 3.83. The fourth-order valence-electron chi connectivity index (χ4n) is 2.76. The zero-order valence-electron chi connectivity index (χ0n) is 13.9. The Hall–Kier alpha value is -0.900. The summed E-state index contributed by atoms with van der Waals surface area (Å²) in [4.78, 5) is 4.66. The predicted octanol–water partition coefficient (Wildman–Crippen LogP) is 3.52. The van der Waals surface area contributed by atoms with Gasteiger partial charge < -0.3 is 5.32 Å². The number of aromatic nitrogens is 3. The minimum Gasteiger partial charge on any atom is -0.312 e. The van der Waals surface area contributed by atoms with E-state index in [4.69, 9.17) is 5.10 Å². The van der Waals surface area contributed by atoms with Gasteiger partial charge in [-0.25, -0.2) is 9.67 Å². The lowest BCUT2D eigenvalue weighted by atomic mass is 10.0. The van der Waals surface area contributed by atoms with Gasteiger partial charge in [0.15, 0.2) is 5.82 Å². The Morgan fingerprint density at radius 1 is 1.05 bits per heavy atom. The molecule has 2 atom stereocenters. The van der Waals surface area contributed by atoms with Crippen molar-refractivity contribution in [1.29, 1.82) is 0 Å². The molecule has 0 aliphatic heterocycles. The molecule has 1 heterocycles. The van der Waals surface area contributed by atoms with Gasteiger partial charge in [-0.05, 0) is 25.8 Å². The van der Waals surface area contributed by atoms with Crippen LogP contribution in [0.15, 0.2) is 0 Å². The summed E-state index contributed by atoms with van der Waals surface area (Å²) in [6, 6.07) is 0.922. The molecule has 1 N–H and O–H groups in total. The van der Waals surface area contributed by atoms with Crippen molar-refractivity contribution in [2.45, 2.75) is 85.2 Å². The summed E-state index contributed by atoms with van der Waals surface area (Å²) in [6.45, 7) is 12.1. The van der Waals surface area contributed by atoms with Gasteiger partial charge in [0.2, 0.25) is 0 Å². The Kier molecular flexibility index (Phi) is 7.82. The van der Waals surface area contributed by atoms with E-state index in [1.807, 2.05) is 0 Å². The van der Waals surface area contributed by atoms with Gasteiger partial charge in [0.05, 0.1) is 6.04 Å². The second-order valence-electron chi connectivity index (χ2n) is 5.42. The average Bonchev–Trinajstić information content (AvgIpc) is 2.88. The molecule has 4 heteroatoms. The van der Waals surface area contributed by atoms with Crippen molar-refractivity contribution in [3.8, 4) is 0 Å². The number of hydrogen-bond acceptors (Lipinski definition) is 3. The van der Waals surface area contributed by atoms with E-state index >= 15 is 0 Å². The van der Waals surface area contributed by atoms with Gasteiger partial charge >= 0.3 is 0 Å². The lowest BCUT2D eigenvalue weighted by Crippen LogP contribution is -2.38. The van der Waals surface area contributed by atoms with E-state index in [1.165, 1.54) is 19.3 Å². The topological polar surface area (TPSA) is 42.7 Å². The summed E-state index contributed by atoms with van der Waals surface area (Å²) >= 11 is 0. The first-order valence-electron chi connectivity index (χ1n) is 8.39. The van der Waals surface area contributed by atoms with Crippen LogP contribution in [-0.4, -0.2) is 27.4 Å². The number of nitrogens with one attached hydrogen (secondary N) is 1. The molecule has 0 saturated heterocycles. The van der Waals surface area contributed by atoms with Gasteiger partial charge in [0, 0.05) is 18.9 Å². The molecule has 116 valence electrons. The van der Waals surface area contributed by atoms with Gasteiger partial charge in [-0.2, -0.15) is 5.10 Å². The second kappa shape index (κ2) is 9.11. The highest BCUT2D eigenvalue weighted by Crippen LogP contribution is 2.21. The summed E-state index contributed by atoms with van der Waals surface area (Å²) < 4.78 is 2.20. The molecule has 0 saturated carbocycles. The highest BCUT2D eigenvalue weighted by atomic mass is 15.4. The van der Waals surface area contributed by atoms with Gasteiger partial charge in [0.25, 0.3) is 0 Å². The Morgan fingerprint density at radius 2 is 1.80 bits per heavy atom. The van der Waals surface area contributed by atoms with Crippen LogP contribution in [0.1, 0.15) is 78.0 Å². The van der Waals surface area contributed by atoms with Crippen molar-refractivity contribution in [1.82, 2.24) is 20.1 Å². The Labute approximate surface area is 124 Å². The number of nitrogens with zero attached hydrogens (tertiary/aromatic N) is 3. The molecule has 1 aromatic heterocycles. The predicted molar refractivity (Wildman–Crippen MR) is 85.1 cm³/mol. The van der Waals surface area contributed by atoms with E-state index in [-0.39, 0.29) is 0 Å². The van der Waals surface area contributed by atoms with Crippen LogP contribution in [0.2, 0.25) is 0 Å². The van der Waals surface area contributed by atoms with Crippen molar-refractivity contribution < 1.29 is 0 Å². The highest BCUT2D eigenvalue weighted by Gasteiger charge is 2.24. The number of aryl methyl sites for hydroxylation is 2. The first-order valence-corrected chi connectivity index (χ1v) is 8.39. The van der Waals surface area contributed by atoms with E-state index in [0.717, 1.165) is 37.5 Å². The van der Waals surface area contributed by atoms with E-state index in [0.29, 0.717) is 12.1 Å². The molecule has 0 aliphatic carbocycles. The maximum absolute atomic E-state index is 4.75. The minimum absolute atomic E-state index is 0.421. The lowest BCUT2D eigenvalue weighted by molar-refractivity contribution is 0.293. The maximum atomic E-state index is 4.75. The Morgan fingerprint density at radius 3 is 2.30 bits per heavy atom. The molecular weight excluding hydrogens is 248 g/mol. The summed E-state index contributed by atoms with van der Waals surface area (Å²) in [5.74, 6) is 2.11. The molecular formula is C16H32N4. The third kappa shape index (κ3) is 4.30. The zero-order chi connectivity index (χ0) is 15.0. The van der Waals surface area contributed by atoms with E-state index in [2.05, 4.69) is 49.6 Å². The van der Waals surface area contributed by atoms with Crippen molar-refractivity contribution in [3.63, 3.8) is 0 Å².